The molecule has 0 saturated carbocycles. The van der Waals surface area contributed by atoms with Crippen LogP contribution in [0, 0.1) is 11.8 Å². The zero-order valence-electron chi connectivity index (χ0n) is 10.5. The van der Waals surface area contributed by atoms with Crippen LogP contribution in [0.1, 0.15) is 13.8 Å². The van der Waals surface area contributed by atoms with Crippen LogP contribution in [0.5, 0.6) is 0 Å². The van der Waals surface area contributed by atoms with Gasteiger partial charge in [0.1, 0.15) is 5.82 Å². The van der Waals surface area contributed by atoms with E-state index in [9.17, 15) is 0 Å². The zero-order valence-corrected chi connectivity index (χ0v) is 12.9. The lowest BCUT2D eigenvalue weighted by atomic mass is 9.92. The lowest BCUT2D eigenvalue weighted by molar-refractivity contribution is 0.382. The summed E-state index contributed by atoms with van der Waals surface area (Å²) in [5.74, 6) is 1.99. The largest absolute Gasteiger partial charge is 0.353 e. The molecule has 0 aromatic carbocycles. The Balaban J connectivity index is 0.00000144. The Hall–Kier alpha value is -0.220. The quantitative estimate of drug-likeness (QED) is 0.913. The van der Waals surface area contributed by atoms with Crippen LogP contribution in [-0.4, -0.2) is 24.1 Å². The molecule has 104 valence electrons. The lowest BCUT2D eigenvalue weighted by Crippen LogP contribution is -2.32. The van der Waals surface area contributed by atoms with Crippen LogP contribution in [0.25, 0.3) is 0 Å². The maximum absolute atomic E-state index is 6.15. The highest BCUT2D eigenvalue weighted by molar-refractivity contribution is 6.32. The molecule has 6 heteroatoms. The minimum atomic E-state index is 0. The number of hydrogen-bond acceptors (Lipinski definition) is 3. The number of rotatable bonds is 2. The summed E-state index contributed by atoms with van der Waals surface area (Å²) in [5.41, 5.74) is 6.15. The molecule has 1 aliphatic rings. The van der Waals surface area contributed by atoms with Gasteiger partial charge in [0.25, 0.3) is 0 Å². The first-order valence-corrected chi connectivity index (χ1v) is 6.08. The molecular formula is C12H20Cl3N3. The molecule has 0 amide bonds. The van der Waals surface area contributed by atoms with Gasteiger partial charge in [-0.2, -0.15) is 0 Å². The van der Waals surface area contributed by atoms with Gasteiger partial charge in [-0.15, -0.1) is 24.8 Å². The van der Waals surface area contributed by atoms with E-state index in [4.69, 9.17) is 17.3 Å². The van der Waals surface area contributed by atoms with Gasteiger partial charge in [-0.05, 0) is 24.0 Å². The van der Waals surface area contributed by atoms with Gasteiger partial charge in [0.15, 0.2) is 0 Å². The molecule has 2 N–H and O–H groups in total. The van der Waals surface area contributed by atoms with Crippen molar-refractivity contribution < 1.29 is 0 Å². The molecule has 3 nitrogen and oxygen atoms in total. The summed E-state index contributed by atoms with van der Waals surface area (Å²) >= 11 is 6.13. The summed E-state index contributed by atoms with van der Waals surface area (Å²) in [6, 6.07) is 3.94. The molecule has 1 aliphatic heterocycles. The summed E-state index contributed by atoms with van der Waals surface area (Å²) in [7, 11) is 0. The van der Waals surface area contributed by atoms with Crippen LogP contribution >= 0.6 is 36.4 Å². The van der Waals surface area contributed by atoms with E-state index >= 15 is 0 Å². The highest BCUT2D eigenvalue weighted by Crippen LogP contribution is 2.30. The standard InChI is InChI=1S/C12H18ClN3.2ClH/c1-8(2)9-6-16(7-11(9)14)12-10(13)4-3-5-15-12;;/h3-5,8-9,11H,6-7,14H2,1-2H3;2*1H/t9-,11+;;/m1../s1. The molecule has 2 heterocycles. The van der Waals surface area contributed by atoms with Gasteiger partial charge in [0.05, 0.1) is 5.02 Å². The van der Waals surface area contributed by atoms with Crippen molar-refractivity contribution in [2.75, 3.05) is 18.0 Å². The van der Waals surface area contributed by atoms with Crippen LogP contribution in [0.4, 0.5) is 5.82 Å². The molecule has 0 unspecified atom stereocenters. The van der Waals surface area contributed by atoms with Gasteiger partial charge >= 0.3 is 0 Å². The van der Waals surface area contributed by atoms with Gasteiger partial charge < -0.3 is 10.6 Å². The Morgan fingerprint density at radius 3 is 2.56 bits per heavy atom. The first-order valence-electron chi connectivity index (χ1n) is 5.70. The minimum Gasteiger partial charge on any atom is -0.353 e. The summed E-state index contributed by atoms with van der Waals surface area (Å²) in [5, 5.41) is 0.708. The van der Waals surface area contributed by atoms with E-state index in [1.165, 1.54) is 0 Å². The smallest absolute Gasteiger partial charge is 0.147 e. The second-order valence-electron chi connectivity index (χ2n) is 4.79. The van der Waals surface area contributed by atoms with E-state index in [1.54, 1.807) is 6.20 Å². The fraction of sp³-hybridized carbons (Fsp3) is 0.583. The third kappa shape index (κ3) is 3.64. The molecule has 18 heavy (non-hydrogen) atoms. The van der Waals surface area contributed by atoms with Crippen molar-refractivity contribution in [2.45, 2.75) is 19.9 Å². The molecule has 0 bridgehead atoms. The summed E-state index contributed by atoms with van der Waals surface area (Å²) < 4.78 is 0. The predicted molar refractivity (Wildman–Crippen MR) is 82.3 cm³/mol. The number of pyridine rings is 1. The molecule has 0 spiro atoms. The Bertz CT molecular complexity index is 373. The van der Waals surface area contributed by atoms with Crippen molar-refractivity contribution in [1.29, 1.82) is 0 Å². The van der Waals surface area contributed by atoms with Gasteiger partial charge in [-0.3, -0.25) is 0 Å². The second-order valence-corrected chi connectivity index (χ2v) is 5.19. The number of halogens is 3. The monoisotopic (exact) mass is 311 g/mol. The van der Waals surface area contributed by atoms with E-state index in [2.05, 4.69) is 23.7 Å². The maximum atomic E-state index is 6.15. The van der Waals surface area contributed by atoms with Crippen LogP contribution in [0.15, 0.2) is 18.3 Å². The molecular weight excluding hydrogens is 293 g/mol. The van der Waals surface area contributed by atoms with Crippen LogP contribution in [0.3, 0.4) is 0 Å². The third-order valence-corrected chi connectivity index (χ3v) is 3.60. The van der Waals surface area contributed by atoms with Crippen molar-refractivity contribution in [3.63, 3.8) is 0 Å². The molecule has 1 aromatic heterocycles. The lowest BCUT2D eigenvalue weighted by Gasteiger charge is -2.19. The third-order valence-electron chi connectivity index (χ3n) is 3.31. The molecule has 1 fully saturated rings. The number of nitrogens with two attached hydrogens (primary N) is 1. The van der Waals surface area contributed by atoms with Gasteiger partial charge in [0, 0.05) is 25.3 Å². The van der Waals surface area contributed by atoms with E-state index in [0.29, 0.717) is 16.9 Å². The van der Waals surface area contributed by atoms with Crippen molar-refractivity contribution in [1.82, 2.24) is 4.98 Å². The van der Waals surface area contributed by atoms with E-state index in [-0.39, 0.29) is 30.9 Å². The van der Waals surface area contributed by atoms with Crippen LogP contribution in [-0.2, 0) is 0 Å². The molecule has 2 rings (SSSR count). The molecule has 1 aromatic rings. The Labute approximate surface area is 126 Å². The number of hydrogen-bond donors (Lipinski definition) is 1. The van der Waals surface area contributed by atoms with Crippen molar-refractivity contribution >= 4 is 42.2 Å². The van der Waals surface area contributed by atoms with Crippen molar-refractivity contribution in [2.24, 2.45) is 17.6 Å². The first kappa shape index (κ1) is 17.8. The van der Waals surface area contributed by atoms with E-state index in [0.717, 1.165) is 18.9 Å². The van der Waals surface area contributed by atoms with Gasteiger partial charge in [0.2, 0.25) is 0 Å². The van der Waals surface area contributed by atoms with Crippen LogP contribution in [0.2, 0.25) is 5.02 Å². The second kappa shape index (κ2) is 7.39. The minimum absolute atomic E-state index is 0. The predicted octanol–water partition coefficient (Wildman–Crippen LogP) is 3.00. The van der Waals surface area contributed by atoms with Crippen molar-refractivity contribution in [3.05, 3.63) is 23.4 Å². The van der Waals surface area contributed by atoms with Crippen LogP contribution < -0.4 is 10.6 Å². The summed E-state index contributed by atoms with van der Waals surface area (Å²) in [4.78, 5) is 6.52. The number of anilines is 1. The molecule has 1 saturated heterocycles. The average molecular weight is 313 g/mol. The maximum Gasteiger partial charge on any atom is 0.147 e. The summed E-state index contributed by atoms with van der Waals surface area (Å²) in [6.45, 7) is 6.23. The number of nitrogens with zero attached hydrogens (tertiary/aromatic N) is 2. The molecule has 0 radical (unpaired) electrons. The first-order chi connectivity index (χ1) is 7.59. The topological polar surface area (TPSA) is 42.2 Å². The van der Waals surface area contributed by atoms with Gasteiger partial charge in [-0.25, -0.2) is 4.98 Å². The summed E-state index contributed by atoms with van der Waals surface area (Å²) in [6.07, 6.45) is 1.77. The SMILES string of the molecule is CC(C)[C@H]1CN(c2ncccc2Cl)C[C@@H]1N.Cl.Cl. The number of aromatic nitrogens is 1. The van der Waals surface area contributed by atoms with Crippen molar-refractivity contribution in [3.8, 4) is 0 Å². The fourth-order valence-corrected chi connectivity index (χ4v) is 2.58. The normalized spacial score (nSPS) is 22.6. The Morgan fingerprint density at radius 2 is 2.06 bits per heavy atom. The van der Waals surface area contributed by atoms with E-state index in [1.807, 2.05) is 12.1 Å². The molecule has 2 atom stereocenters. The Kier molecular flexibility index (Phi) is 7.30. The fourth-order valence-electron chi connectivity index (χ4n) is 2.34. The highest BCUT2D eigenvalue weighted by atomic mass is 35.5. The highest BCUT2D eigenvalue weighted by Gasteiger charge is 2.33. The average Bonchev–Trinajstić information content (AvgIpc) is 2.61. The zero-order chi connectivity index (χ0) is 11.7. The van der Waals surface area contributed by atoms with Gasteiger partial charge in [-0.1, -0.05) is 25.4 Å². The molecule has 0 aliphatic carbocycles. The Morgan fingerprint density at radius 1 is 1.39 bits per heavy atom. The van der Waals surface area contributed by atoms with E-state index < -0.39 is 0 Å².